The fraction of sp³-hybridized carbons (Fsp3) is 0.455. The molecule has 0 amide bonds. The van der Waals surface area contributed by atoms with Gasteiger partial charge in [-0.15, -0.1) is 0 Å². The van der Waals surface area contributed by atoms with Crippen LogP contribution in [0.25, 0.3) is 0 Å². The fourth-order valence-corrected chi connectivity index (χ4v) is 1.45. The van der Waals surface area contributed by atoms with Crippen LogP contribution in [-0.2, 0) is 0 Å². The Morgan fingerprint density at radius 1 is 1.47 bits per heavy atom. The Labute approximate surface area is 95.6 Å². The molecule has 0 aliphatic carbocycles. The van der Waals surface area contributed by atoms with Gasteiger partial charge in [-0.2, -0.15) is 0 Å². The van der Waals surface area contributed by atoms with E-state index in [9.17, 15) is 0 Å². The van der Waals surface area contributed by atoms with Crippen LogP contribution in [-0.4, -0.2) is 19.7 Å². The Bertz CT molecular complexity index is 305. The molecule has 0 unspecified atom stereocenters. The van der Waals surface area contributed by atoms with E-state index in [4.69, 9.17) is 22.1 Å². The quantitative estimate of drug-likeness (QED) is 0.736. The maximum atomic E-state index is 6.03. The molecule has 3 nitrogen and oxygen atoms in total. The molecule has 0 aliphatic heterocycles. The lowest BCUT2D eigenvalue weighted by molar-refractivity contribution is 0.340. The molecule has 3 N–H and O–H groups in total. The second kappa shape index (κ2) is 6.53. The minimum Gasteiger partial charge on any atom is -0.492 e. The van der Waals surface area contributed by atoms with Gasteiger partial charge in [-0.25, -0.2) is 0 Å². The molecule has 0 bridgehead atoms. The molecular weight excluding hydrogens is 212 g/mol. The number of nitrogens with two attached hydrogens (primary N) is 1. The normalized spacial score (nSPS) is 10.1. The largest absolute Gasteiger partial charge is 0.492 e. The maximum Gasteiger partial charge on any atom is 0.138 e. The van der Waals surface area contributed by atoms with Gasteiger partial charge < -0.3 is 15.8 Å². The molecule has 0 aromatic heterocycles. The molecule has 0 saturated carbocycles. The van der Waals surface area contributed by atoms with Crippen LogP contribution in [0.3, 0.4) is 0 Å². The molecule has 4 heteroatoms. The highest BCUT2D eigenvalue weighted by molar-refractivity contribution is 6.32. The number of ether oxygens (including phenoxy) is 1. The van der Waals surface area contributed by atoms with Crippen molar-refractivity contribution in [1.82, 2.24) is 0 Å². The molecular formula is C11H17ClN2O. The van der Waals surface area contributed by atoms with Gasteiger partial charge in [0.15, 0.2) is 0 Å². The number of benzene rings is 1. The standard InChI is InChI=1S/C11H17ClN2O/c1-2-15-11-5-4-9(8-10(11)12)14-7-3-6-13/h4-5,8,14H,2-3,6-7,13H2,1H3. The summed E-state index contributed by atoms with van der Waals surface area (Å²) in [6, 6.07) is 5.69. The molecule has 0 radical (unpaired) electrons. The monoisotopic (exact) mass is 228 g/mol. The Balaban J connectivity index is 2.56. The lowest BCUT2D eigenvalue weighted by Gasteiger charge is -2.09. The summed E-state index contributed by atoms with van der Waals surface area (Å²) in [5.74, 6) is 0.726. The van der Waals surface area contributed by atoms with E-state index in [1.54, 1.807) is 0 Å². The van der Waals surface area contributed by atoms with E-state index >= 15 is 0 Å². The first-order chi connectivity index (χ1) is 7.27. The van der Waals surface area contributed by atoms with Crippen LogP contribution in [0.15, 0.2) is 18.2 Å². The topological polar surface area (TPSA) is 47.3 Å². The van der Waals surface area contributed by atoms with Crippen LogP contribution in [0.4, 0.5) is 5.69 Å². The van der Waals surface area contributed by atoms with Crippen molar-refractivity contribution >= 4 is 17.3 Å². The summed E-state index contributed by atoms with van der Waals surface area (Å²) in [5.41, 5.74) is 6.40. The van der Waals surface area contributed by atoms with E-state index < -0.39 is 0 Å². The highest BCUT2D eigenvalue weighted by atomic mass is 35.5. The van der Waals surface area contributed by atoms with Crippen molar-refractivity contribution in [3.8, 4) is 5.75 Å². The highest BCUT2D eigenvalue weighted by Crippen LogP contribution is 2.27. The van der Waals surface area contributed by atoms with E-state index in [1.807, 2.05) is 25.1 Å². The molecule has 0 atom stereocenters. The van der Waals surface area contributed by atoms with Gasteiger partial charge >= 0.3 is 0 Å². The van der Waals surface area contributed by atoms with Crippen molar-refractivity contribution in [1.29, 1.82) is 0 Å². The Morgan fingerprint density at radius 3 is 2.87 bits per heavy atom. The lowest BCUT2D eigenvalue weighted by atomic mass is 10.3. The summed E-state index contributed by atoms with van der Waals surface area (Å²) in [5, 5.41) is 3.87. The van der Waals surface area contributed by atoms with E-state index in [-0.39, 0.29) is 0 Å². The second-order valence-electron chi connectivity index (χ2n) is 3.15. The van der Waals surface area contributed by atoms with Crippen molar-refractivity contribution in [3.63, 3.8) is 0 Å². The zero-order valence-corrected chi connectivity index (χ0v) is 9.68. The minimum absolute atomic E-state index is 0.625. The van der Waals surface area contributed by atoms with Gasteiger partial charge in [0.1, 0.15) is 5.75 Å². The SMILES string of the molecule is CCOc1ccc(NCCCN)cc1Cl. The average molecular weight is 229 g/mol. The van der Waals surface area contributed by atoms with Crippen molar-refractivity contribution in [2.24, 2.45) is 5.73 Å². The van der Waals surface area contributed by atoms with E-state index in [2.05, 4.69) is 5.32 Å². The summed E-state index contributed by atoms with van der Waals surface area (Å²) in [6.07, 6.45) is 0.949. The Kier molecular flexibility index (Phi) is 5.29. The molecule has 0 spiro atoms. The molecule has 0 heterocycles. The highest BCUT2D eigenvalue weighted by Gasteiger charge is 2.01. The third-order valence-electron chi connectivity index (χ3n) is 1.94. The van der Waals surface area contributed by atoms with Gasteiger partial charge in [-0.05, 0) is 38.1 Å². The zero-order valence-electron chi connectivity index (χ0n) is 8.92. The van der Waals surface area contributed by atoms with Crippen molar-refractivity contribution in [3.05, 3.63) is 23.2 Å². The van der Waals surface area contributed by atoms with Crippen LogP contribution in [0.1, 0.15) is 13.3 Å². The third-order valence-corrected chi connectivity index (χ3v) is 2.24. The van der Waals surface area contributed by atoms with Crippen molar-refractivity contribution in [2.45, 2.75) is 13.3 Å². The molecule has 0 fully saturated rings. The molecule has 1 aromatic carbocycles. The predicted molar refractivity (Wildman–Crippen MR) is 64.8 cm³/mol. The summed E-state index contributed by atoms with van der Waals surface area (Å²) in [7, 11) is 0. The number of halogens is 1. The number of anilines is 1. The first kappa shape index (κ1) is 12.1. The van der Waals surface area contributed by atoms with Gasteiger partial charge in [-0.3, -0.25) is 0 Å². The van der Waals surface area contributed by atoms with Crippen molar-refractivity contribution < 1.29 is 4.74 Å². The fourth-order valence-electron chi connectivity index (χ4n) is 1.22. The molecule has 0 aliphatic rings. The van der Waals surface area contributed by atoms with Gasteiger partial charge in [0.05, 0.1) is 11.6 Å². The van der Waals surface area contributed by atoms with Crippen LogP contribution in [0.5, 0.6) is 5.75 Å². The Morgan fingerprint density at radius 2 is 2.27 bits per heavy atom. The van der Waals surface area contributed by atoms with Crippen LogP contribution in [0.2, 0.25) is 5.02 Å². The van der Waals surface area contributed by atoms with Crippen LogP contribution in [0, 0.1) is 0 Å². The lowest BCUT2D eigenvalue weighted by Crippen LogP contribution is -2.08. The van der Waals surface area contributed by atoms with Gasteiger partial charge in [0.25, 0.3) is 0 Å². The number of nitrogens with one attached hydrogen (secondary N) is 1. The molecule has 1 rings (SSSR count). The summed E-state index contributed by atoms with van der Waals surface area (Å²) in [4.78, 5) is 0. The van der Waals surface area contributed by atoms with Crippen LogP contribution >= 0.6 is 11.6 Å². The smallest absolute Gasteiger partial charge is 0.138 e. The molecule has 15 heavy (non-hydrogen) atoms. The summed E-state index contributed by atoms with van der Waals surface area (Å²) < 4.78 is 5.34. The second-order valence-corrected chi connectivity index (χ2v) is 3.55. The third kappa shape index (κ3) is 3.98. The van der Waals surface area contributed by atoms with Gasteiger partial charge in [-0.1, -0.05) is 11.6 Å². The molecule has 1 aromatic rings. The predicted octanol–water partition coefficient (Wildman–Crippen LogP) is 2.50. The van der Waals surface area contributed by atoms with E-state index in [0.29, 0.717) is 18.2 Å². The van der Waals surface area contributed by atoms with E-state index in [0.717, 1.165) is 24.4 Å². The van der Waals surface area contributed by atoms with Gasteiger partial charge in [0.2, 0.25) is 0 Å². The van der Waals surface area contributed by atoms with E-state index in [1.165, 1.54) is 0 Å². The average Bonchev–Trinajstić information content (AvgIpc) is 2.23. The zero-order chi connectivity index (χ0) is 11.1. The first-order valence-corrected chi connectivity index (χ1v) is 5.52. The Hall–Kier alpha value is -0.930. The van der Waals surface area contributed by atoms with Crippen LogP contribution < -0.4 is 15.8 Å². The first-order valence-electron chi connectivity index (χ1n) is 5.14. The number of hydrogen-bond donors (Lipinski definition) is 2. The molecule has 84 valence electrons. The van der Waals surface area contributed by atoms with Gasteiger partial charge in [0, 0.05) is 12.2 Å². The number of hydrogen-bond acceptors (Lipinski definition) is 3. The maximum absolute atomic E-state index is 6.03. The molecule has 0 saturated heterocycles. The summed E-state index contributed by atoms with van der Waals surface area (Å²) in [6.45, 7) is 4.11. The number of rotatable bonds is 6. The summed E-state index contributed by atoms with van der Waals surface area (Å²) >= 11 is 6.03. The van der Waals surface area contributed by atoms with Crippen molar-refractivity contribution in [2.75, 3.05) is 25.0 Å². The minimum atomic E-state index is 0.625.